The number of hydrogen-bond donors (Lipinski definition) is 1. The van der Waals surface area contributed by atoms with E-state index in [1.165, 1.54) is 12.1 Å². The maximum Gasteiger partial charge on any atom is 0.300 e. The van der Waals surface area contributed by atoms with E-state index in [-0.39, 0.29) is 5.69 Å². The van der Waals surface area contributed by atoms with Gasteiger partial charge in [-0.1, -0.05) is 6.07 Å². The van der Waals surface area contributed by atoms with Crippen LogP contribution in [0.15, 0.2) is 46.9 Å². The van der Waals surface area contributed by atoms with Crippen molar-refractivity contribution in [1.29, 1.82) is 0 Å². The second-order valence-electron chi connectivity index (χ2n) is 4.42. The van der Waals surface area contributed by atoms with Gasteiger partial charge in [-0.25, -0.2) is 0 Å². The Morgan fingerprint density at radius 2 is 1.95 bits per heavy atom. The van der Waals surface area contributed by atoms with Gasteiger partial charge in [-0.05, 0) is 36.8 Å². The number of nitro groups is 1. The molecule has 0 saturated carbocycles. The van der Waals surface area contributed by atoms with Crippen LogP contribution < -0.4 is 5.32 Å². The molecule has 0 fully saturated rings. The number of nitrogens with zero attached hydrogens (tertiary/aromatic N) is 2. The van der Waals surface area contributed by atoms with Crippen molar-refractivity contribution in [1.82, 2.24) is 4.98 Å². The lowest BCUT2D eigenvalue weighted by atomic mass is 10.2. The molecule has 0 unspecified atom stereocenters. The number of rotatable bonds is 3. The predicted molar refractivity (Wildman–Crippen MR) is 75.1 cm³/mol. The molecule has 2 aromatic carbocycles. The smallest absolute Gasteiger partial charge is 0.300 e. The Morgan fingerprint density at radius 1 is 1.20 bits per heavy atom. The average molecular weight is 269 g/mol. The Balaban J connectivity index is 1.87. The number of hydrogen-bond acceptors (Lipinski definition) is 5. The van der Waals surface area contributed by atoms with Crippen molar-refractivity contribution in [3.63, 3.8) is 0 Å². The van der Waals surface area contributed by atoms with E-state index < -0.39 is 4.92 Å². The van der Waals surface area contributed by atoms with Crippen LogP contribution in [0.3, 0.4) is 0 Å². The number of benzene rings is 2. The van der Waals surface area contributed by atoms with Gasteiger partial charge >= 0.3 is 0 Å². The minimum absolute atomic E-state index is 0.0451. The van der Waals surface area contributed by atoms with Crippen molar-refractivity contribution >= 4 is 28.5 Å². The number of nitrogens with one attached hydrogen (secondary N) is 1. The second kappa shape index (κ2) is 4.65. The van der Waals surface area contributed by atoms with E-state index in [9.17, 15) is 10.1 Å². The molecule has 0 radical (unpaired) electrons. The van der Waals surface area contributed by atoms with Crippen LogP contribution in [-0.4, -0.2) is 9.91 Å². The summed E-state index contributed by atoms with van der Waals surface area (Å²) in [4.78, 5) is 14.5. The van der Waals surface area contributed by atoms with Gasteiger partial charge in [0, 0.05) is 17.8 Å². The highest BCUT2D eigenvalue weighted by atomic mass is 16.6. The van der Waals surface area contributed by atoms with Gasteiger partial charge in [0.15, 0.2) is 5.58 Å². The number of non-ortho nitro benzene ring substituents is 1. The number of oxazole rings is 1. The average Bonchev–Trinajstić information content (AvgIpc) is 2.80. The van der Waals surface area contributed by atoms with Gasteiger partial charge in [-0.2, -0.15) is 4.98 Å². The van der Waals surface area contributed by atoms with E-state index in [1.54, 1.807) is 12.1 Å². The number of aromatic nitrogens is 1. The molecule has 0 aliphatic rings. The Morgan fingerprint density at radius 3 is 2.65 bits per heavy atom. The third-order valence-electron chi connectivity index (χ3n) is 2.87. The van der Waals surface area contributed by atoms with Crippen LogP contribution in [0.25, 0.3) is 11.1 Å². The number of fused-ring (bicyclic) bond motifs is 1. The molecule has 0 amide bonds. The van der Waals surface area contributed by atoms with Crippen LogP contribution in [0.5, 0.6) is 0 Å². The lowest BCUT2D eigenvalue weighted by Gasteiger charge is -2.00. The van der Waals surface area contributed by atoms with E-state index in [0.717, 1.165) is 11.1 Å². The molecule has 0 spiro atoms. The Bertz CT molecular complexity index is 778. The van der Waals surface area contributed by atoms with Crippen molar-refractivity contribution in [2.24, 2.45) is 0 Å². The Labute approximate surface area is 114 Å². The highest BCUT2D eigenvalue weighted by molar-refractivity contribution is 5.76. The van der Waals surface area contributed by atoms with Crippen LogP contribution in [-0.2, 0) is 0 Å². The summed E-state index contributed by atoms with van der Waals surface area (Å²) in [7, 11) is 0. The first-order valence-corrected chi connectivity index (χ1v) is 6.00. The van der Waals surface area contributed by atoms with Crippen molar-refractivity contribution < 1.29 is 9.34 Å². The molecule has 20 heavy (non-hydrogen) atoms. The quantitative estimate of drug-likeness (QED) is 0.578. The number of aryl methyl sites for hydroxylation is 1. The number of anilines is 2. The van der Waals surface area contributed by atoms with Crippen molar-refractivity contribution in [2.45, 2.75) is 6.92 Å². The van der Waals surface area contributed by atoms with Crippen LogP contribution in [0.4, 0.5) is 17.4 Å². The van der Waals surface area contributed by atoms with Gasteiger partial charge in [-0.3, -0.25) is 10.1 Å². The second-order valence-corrected chi connectivity index (χ2v) is 4.42. The molecule has 6 heteroatoms. The van der Waals surface area contributed by atoms with Gasteiger partial charge < -0.3 is 9.73 Å². The normalized spacial score (nSPS) is 10.7. The first kappa shape index (κ1) is 12.2. The van der Waals surface area contributed by atoms with Gasteiger partial charge in [0.05, 0.1) is 4.92 Å². The zero-order valence-corrected chi connectivity index (χ0v) is 10.7. The molecule has 0 aliphatic heterocycles. The molecule has 0 atom stereocenters. The van der Waals surface area contributed by atoms with E-state index in [4.69, 9.17) is 4.42 Å². The highest BCUT2D eigenvalue weighted by Crippen LogP contribution is 2.24. The molecule has 6 nitrogen and oxygen atoms in total. The molecule has 1 N–H and O–H groups in total. The summed E-state index contributed by atoms with van der Waals surface area (Å²) in [6, 6.07) is 12.2. The van der Waals surface area contributed by atoms with E-state index in [2.05, 4.69) is 10.3 Å². The predicted octanol–water partition coefficient (Wildman–Crippen LogP) is 3.79. The Hall–Kier alpha value is -2.89. The molecule has 3 aromatic rings. The molecule has 1 aromatic heterocycles. The molecular weight excluding hydrogens is 258 g/mol. The van der Waals surface area contributed by atoms with Crippen molar-refractivity contribution in [3.8, 4) is 0 Å². The first-order chi connectivity index (χ1) is 9.61. The SMILES string of the molecule is Cc1ccc2oc(Nc3ccc([N+](=O)[O-])cc3)nc2c1. The zero-order valence-electron chi connectivity index (χ0n) is 10.7. The first-order valence-electron chi connectivity index (χ1n) is 6.00. The van der Waals surface area contributed by atoms with Gasteiger partial charge in [0.1, 0.15) is 5.52 Å². The van der Waals surface area contributed by atoms with Crippen LogP contribution in [0.1, 0.15) is 5.56 Å². The largest absolute Gasteiger partial charge is 0.423 e. The third-order valence-corrected chi connectivity index (χ3v) is 2.87. The van der Waals surface area contributed by atoms with Crippen LogP contribution in [0, 0.1) is 17.0 Å². The summed E-state index contributed by atoms with van der Waals surface area (Å²) in [5, 5.41) is 13.6. The molecule has 1 heterocycles. The van der Waals surface area contributed by atoms with Gasteiger partial charge in [0.25, 0.3) is 11.7 Å². The summed E-state index contributed by atoms with van der Waals surface area (Å²) in [6.07, 6.45) is 0. The van der Waals surface area contributed by atoms with Crippen LogP contribution in [0.2, 0.25) is 0 Å². The molecule has 0 aliphatic carbocycles. The molecular formula is C14H11N3O3. The van der Waals surface area contributed by atoms with E-state index in [1.807, 2.05) is 25.1 Å². The lowest BCUT2D eigenvalue weighted by molar-refractivity contribution is -0.384. The van der Waals surface area contributed by atoms with Crippen molar-refractivity contribution in [2.75, 3.05) is 5.32 Å². The molecule has 100 valence electrons. The maximum atomic E-state index is 10.6. The maximum absolute atomic E-state index is 10.6. The number of nitro benzene ring substituents is 1. The molecule has 0 bridgehead atoms. The fourth-order valence-corrected chi connectivity index (χ4v) is 1.88. The summed E-state index contributed by atoms with van der Waals surface area (Å²) < 4.78 is 5.55. The lowest BCUT2D eigenvalue weighted by Crippen LogP contribution is -1.91. The highest BCUT2D eigenvalue weighted by Gasteiger charge is 2.08. The fourth-order valence-electron chi connectivity index (χ4n) is 1.88. The minimum Gasteiger partial charge on any atom is -0.423 e. The summed E-state index contributed by atoms with van der Waals surface area (Å²) >= 11 is 0. The topological polar surface area (TPSA) is 81.2 Å². The van der Waals surface area contributed by atoms with E-state index in [0.29, 0.717) is 17.3 Å². The van der Waals surface area contributed by atoms with Gasteiger partial charge in [0.2, 0.25) is 0 Å². The monoisotopic (exact) mass is 269 g/mol. The summed E-state index contributed by atoms with van der Waals surface area (Å²) in [5.74, 6) is 0. The fraction of sp³-hybridized carbons (Fsp3) is 0.0714. The minimum atomic E-state index is -0.438. The zero-order chi connectivity index (χ0) is 14.1. The van der Waals surface area contributed by atoms with E-state index >= 15 is 0 Å². The molecule has 0 saturated heterocycles. The molecule has 3 rings (SSSR count). The van der Waals surface area contributed by atoms with Gasteiger partial charge in [-0.15, -0.1) is 0 Å². The standard InChI is InChI=1S/C14H11N3O3/c1-9-2-7-13-12(8-9)16-14(20-13)15-10-3-5-11(6-4-10)17(18)19/h2-8H,1H3,(H,15,16). The third kappa shape index (κ3) is 2.31. The summed E-state index contributed by atoms with van der Waals surface area (Å²) in [5.41, 5.74) is 3.30. The Kier molecular flexibility index (Phi) is 2.83. The van der Waals surface area contributed by atoms with Crippen molar-refractivity contribution in [3.05, 3.63) is 58.1 Å². The summed E-state index contributed by atoms with van der Waals surface area (Å²) in [6.45, 7) is 1.98. The van der Waals surface area contributed by atoms with Crippen LogP contribution >= 0.6 is 0 Å².